The molecule has 7 nitrogen and oxygen atoms in total. The third kappa shape index (κ3) is 5.66. The van der Waals surface area contributed by atoms with Gasteiger partial charge in [-0.25, -0.2) is 4.39 Å². The Hall–Kier alpha value is -4.33. The van der Waals surface area contributed by atoms with Gasteiger partial charge in [0.15, 0.2) is 11.6 Å². The summed E-state index contributed by atoms with van der Waals surface area (Å²) in [5, 5.41) is 7.70. The van der Waals surface area contributed by atoms with Crippen LogP contribution in [0.1, 0.15) is 32.0 Å². The van der Waals surface area contributed by atoms with Crippen molar-refractivity contribution in [2.24, 2.45) is 5.73 Å². The fourth-order valence-electron chi connectivity index (χ4n) is 3.78. The molecule has 36 heavy (non-hydrogen) atoms. The second-order valence-corrected chi connectivity index (χ2v) is 8.43. The lowest BCUT2D eigenvalue weighted by Crippen LogP contribution is -2.20. The number of hydrogen-bond acceptors (Lipinski definition) is 6. The van der Waals surface area contributed by atoms with E-state index < -0.39 is 5.82 Å². The van der Waals surface area contributed by atoms with E-state index in [1.54, 1.807) is 53.8 Å². The summed E-state index contributed by atoms with van der Waals surface area (Å²) >= 11 is 0. The first-order chi connectivity index (χ1) is 17.4. The van der Waals surface area contributed by atoms with Crippen LogP contribution in [-0.2, 0) is 6.54 Å². The van der Waals surface area contributed by atoms with Gasteiger partial charge in [0.1, 0.15) is 11.6 Å². The number of halogens is 1. The number of nitrogens with one attached hydrogen (secondary N) is 1. The molecule has 0 saturated carbocycles. The summed E-state index contributed by atoms with van der Waals surface area (Å²) in [5.74, 6) is 0.0555. The van der Waals surface area contributed by atoms with Gasteiger partial charge in [-0.15, -0.1) is 0 Å². The van der Waals surface area contributed by atoms with Crippen molar-refractivity contribution < 1.29 is 18.3 Å². The lowest BCUT2D eigenvalue weighted by atomic mass is 10.1. The molecule has 2 aromatic heterocycles. The number of amidine groups is 1. The van der Waals surface area contributed by atoms with Crippen LogP contribution in [-0.4, -0.2) is 23.5 Å². The van der Waals surface area contributed by atoms with Crippen molar-refractivity contribution in [3.05, 3.63) is 90.3 Å². The third-order valence-corrected chi connectivity index (χ3v) is 5.39. The number of benzene rings is 2. The summed E-state index contributed by atoms with van der Waals surface area (Å²) < 4.78 is 32.6. The van der Waals surface area contributed by atoms with E-state index in [1.807, 2.05) is 45.0 Å². The number of ether oxygens (including phenoxy) is 2. The number of nitrogen functional groups attached to an aromatic ring is 1. The Morgan fingerprint density at radius 3 is 2.56 bits per heavy atom. The van der Waals surface area contributed by atoms with Gasteiger partial charge in [0.05, 0.1) is 48.9 Å². The van der Waals surface area contributed by atoms with E-state index in [4.69, 9.17) is 30.0 Å². The highest BCUT2D eigenvalue weighted by atomic mass is 19.1. The van der Waals surface area contributed by atoms with Gasteiger partial charge in [0.2, 0.25) is 0 Å². The van der Waals surface area contributed by atoms with Gasteiger partial charge in [-0.1, -0.05) is 6.07 Å². The summed E-state index contributed by atoms with van der Waals surface area (Å²) in [6.45, 7) is 6.24. The van der Waals surface area contributed by atoms with Gasteiger partial charge in [0, 0.05) is 28.9 Å². The Kier molecular flexibility index (Phi) is 7.53. The Balaban J connectivity index is 1.82. The number of nitrogens with zero attached hydrogens (tertiary/aromatic N) is 2. The van der Waals surface area contributed by atoms with Gasteiger partial charge < -0.3 is 24.5 Å². The number of aromatic nitrogens is 1. The van der Waals surface area contributed by atoms with Gasteiger partial charge in [0.25, 0.3) is 0 Å². The maximum absolute atomic E-state index is 15.9. The fraction of sp³-hybridized carbons (Fsp3) is 0.214. The summed E-state index contributed by atoms with van der Waals surface area (Å²) in [6, 6.07) is 17.8. The smallest absolute Gasteiger partial charge is 0.188 e. The second kappa shape index (κ2) is 10.9. The number of nitrogens with two attached hydrogens (primary N) is 1. The number of pyridine rings is 1. The van der Waals surface area contributed by atoms with Crippen LogP contribution in [0.25, 0.3) is 11.3 Å². The zero-order chi connectivity index (χ0) is 25.7. The minimum absolute atomic E-state index is 0.0419. The maximum atomic E-state index is 15.9. The average molecular weight is 489 g/mol. The summed E-state index contributed by atoms with van der Waals surface area (Å²) in [4.78, 5) is 6.57. The molecular formula is C28H29FN4O3. The molecule has 0 aliphatic heterocycles. The molecule has 2 heterocycles. The molecule has 0 saturated heterocycles. The first kappa shape index (κ1) is 24.8. The zero-order valence-electron chi connectivity index (χ0n) is 20.5. The van der Waals surface area contributed by atoms with Crippen molar-refractivity contribution in [2.45, 2.75) is 33.4 Å². The topological polar surface area (TPSA) is 97.6 Å². The van der Waals surface area contributed by atoms with Crippen LogP contribution in [0.3, 0.4) is 0 Å². The Bertz CT molecular complexity index is 1320. The van der Waals surface area contributed by atoms with Gasteiger partial charge in [-0.3, -0.25) is 10.4 Å². The Morgan fingerprint density at radius 1 is 1.14 bits per heavy atom. The lowest BCUT2D eigenvalue weighted by molar-refractivity contribution is 0.229. The first-order valence-corrected chi connectivity index (χ1v) is 11.7. The predicted octanol–water partition coefficient (Wildman–Crippen LogP) is 6.29. The highest BCUT2D eigenvalue weighted by Gasteiger charge is 2.22. The van der Waals surface area contributed by atoms with E-state index in [0.29, 0.717) is 23.6 Å². The average Bonchev–Trinajstić information content (AvgIpc) is 3.40. The van der Waals surface area contributed by atoms with E-state index >= 15 is 4.39 Å². The van der Waals surface area contributed by atoms with E-state index in [-0.39, 0.29) is 29.9 Å². The molecule has 0 bridgehead atoms. The van der Waals surface area contributed by atoms with Crippen LogP contribution in [0.5, 0.6) is 11.5 Å². The number of anilines is 2. The summed E-state index contributed by atoms with van der Waals surface area (Å²) in [5.41, 5.74) is 9.51. The molecule has 2 aromatic carbocycles. The number of hydrogen-bond donors (Lipinski definition) is 2. The first-order valence-electron chi connectivity index (χ1n) is 11.7. The van der Waals surface area contributed by atoms with Crippen LogP contribution in [0.15, 0.2) is 77.6 Å². The highest BCUT2D eigenvalue weighted by Crippen LogP contribution is 2.38. The van der Waals surface area contributed by atoms with Gasteiger partial charge >= 0.3 is 0 Å². The van der Waals surface area contributed by atoms with Crippen molar-refractivity contribution in [1.82, 2.24) is 4.98 Å². The molecule has 0 aliphatic rings. The van der Waals surface area contributed by atoms with Gasteiger partial charge in [-0.05, 0) is 63.2 Å². The molecule has 0 atom stereocenters. The molecule has 0 unspecified atom stereocenters. The van der Waals surface area contributed by atoms with E-state index in [2.05, 4.69) is 0 Å². The Labute approximate surface area is 209 Å². The molecule has 4 aromatic rings. The molecule has 8 heteroatoms. The molecule has 0 aliphatic carbocycles. The predicted molar refractivity (Wildman–Crippen MR) is 139 cm³/mol. The molecule has 3 N–H and O–H groups in total. The lowest BCUT2D eigenvalue weighted by Gasteiger charge is -2.27. The van der Waals surface area contributed by atoms with Crippen molar-refractivity contribution in [1.29, 1.82) is 5.41 Å². The van der Waals surface area contributed by atoms with Gasteiger partial charge in [-0.2, -0.15) is 0 Å². The third-order valence-electron chi connectivity index (χ3n) is 5.39. The second-order valence-electron chi connectivity index (χ2n) is 8.43. The molecule has 0 amide bonds. The molecule has 0 fully saturated rings. The quantitative estimate of drug-likeness (QED) is 0.201. The fourth-order valence-corrected chi connectivity index (χ4v) is 3.78. The number of rotatable bonds is 10. The van der Waals surface area contributed by atoms with E-state index in [9.17, 15) is 0 Å². The summed E-state index contributed by atoms with van der Waals surface area (Å²) in [6.07, 6.45) is 3.00. The minimum atomic E-state index is -0.506. The number of furan rings is 1. The van der Waals surface area contributed by atoms with Crippen molar-refractivity contribution in [2.75, 3.05) is 11.5 Å². The molecule has 0 radical (unpaired) electrons. The van der Waals surface area contributed by atoms with Crippen LogP contribution >= 0.6 is 0 Å². The Morgan fingerprint density at radius 2 is 1.92 bits per heavy atom. The maximum Gasteiger partial charge on any atom is 0.188 e. The normalized spacial score (nSPS) is 10.9. The largest absolute Gasteiger partial charge is 0.494 e. The highest BCUT2D eigenvalue weighted by molar-refractivity contribution is 5.95. The molecule has 4 rings (SSSR count). The standard InChI is InChI=1S/C28H29FN4O3/c1-4-35-23-14-25(27(29)26(15-23)36-18(2)3)33(22-10-8-19(9-11-22)28(30)31)16-21-6-5-7-24(32-21)20-12-13-34-17-20/h5-15,17-18H,4,16H2,1-3H3,(H3,30,31). The SMILES string of the molecule is CCOc1cc(OC(C)C)c(F)c(N(Cc2cccc(-c3ccoc3)n2)c2ccc(C(=N)N)cc2)c1. The molecule has 186 valence electrons. The minimum Gasteiger partial charge on any atom is -0.494 e. The monoisotopic (exact) mass is 488 g/mol. The van der Waals surface area contributed by atoms with Crippen LogP contribution in [0, 0.1) is 11.2 Å². The van der Waals surface area contributed by atoms with Crippen LogP contribution < -0.4 is 20.1 Å². The molecule has 0 spiro atoms. The molecular weight excluding hydrogens is 459 g/mol. The van der Waals surface area contributed by atoms with E-state index in [0.717, 1.165) is 17.0 Å². The summed E-state index contributed by atoms with van der Waals surface area (Å²) in [7, 11) is 0. The van der Waals surface area contributed by atoms with Crippen LogP contribution in [0.4, 0.5) is 15.8 Å². The van der Waals surface area contributed by atoms with Crippen LogP contribution in [0.2, 0.25) is 0 Å². The van der Waals surface area contributed by atoms with E-state index in [1.165, 1.54) is 0 Å². The van der Waals surface area contributed by atoms with Crippen molar-refractivity contribution in [3.8, 4) is 22.8 Å². The van der Waals surface area contributed by atoms with Crippen molar-refractivity contribution in [3.63, 3.8) is 0 Å². The zero-order valence-corrected chi connectivity index (χ0v) is 20.5. The van der Waals surface area contributed by atoms with Crippen molar-refractivity contribution >= 4 is 17.2 Å².